The zero-order valence-corrected chi connectivity index (χ0v) is 21.1. The molecule has 0 bridgehead atoms. The molecule has 5 nitrogen and oxygen atoms in total. The summed E-state index contributed by atoms with van der Waals surface area (Å²) in [5.74, 6) is -0.770. The first-order valence-corrected chi connectivity index (χ1v) is 13.0. The molecule has 1 aromatic heterocycles. The number of esters is 1. The van der Waals surface area contributed by atoms with E-state index in [0.717, 1.165) is 16.7 Å². The Bertz CT molecular complexity index is 1550. The largest absolute Gasteiger partial charge is 0.469 e. The molecule has 2 atom stereocenters. The van der Waals surface area contributed by atoms with Crippen molar-refractivity contribution in [1.29, 1.82) is 0 Å². The Morgan fingerprint density at radius 1 is 0.667 bits per heavy atom. The summed E-state index contributed by atoms with van der Waals surface area (Å²) in [6, 6.07) is 41.3. The van der Waals surface area contributed by atoms with Gasteiger partial charge in [0.2, 0.25) is 5.60 Å². The molecule has 5 aromatic rings. The molecule has 0 unspecified atom stereocenters. The molecule has 4 aromatic carbocycles. The summed E-state index contributed by atoms with van der Waals surface area (Å²) in [4.78, 5) is 30.1. The molecule has 2 aliphatic heterocycles. The van der Waals surface area contributed by atoms with Crippen LogP contribution in [0, 0.1) is 0 Å². The summed E-state index contributed by atoms with van der Waals surface area (Å²) >= 11 is 0. The number of nitrogens with zero attached hydrogens (tertiary/aromatic N) is 1. The second-order valence-electron chi connectivity index (χ2n) is 9.95. The maximum Gasteiger partial charge on any atom is 0.308 e. The van der Waals surface area contributed by atoms with Gasteiger partial charge in [-0.25, -0.2) is 0 Å². The van der Waals surface area contributed by atoms with Gasteiger partial charge in [-0.15, -0.1) is 0 Å². The van der Waals surface area contributed by atoms with E-state index in [1.54, 1.807) is 12.3 Å². The van der Waals surface area contributed by atoms with Crippen molar-refractivity contribution in [2.24, 2.45) is 0 Å². The first-order chi connectivity index (χ1) is 19.2. The average Bonchev–Trinajstić information content (AvgIpc) is 3.70. The maximum absolute atomic E-state index is 15.2. The third-order valence-corrected chi connectivity index (χ3v) is 8.00. The highest BCUT2D eigenvalue weighted by Crippen LogP contribution is 2.59. The Balaban J connectivity index is 1.58. The summed E-state index contributed by atoms with van der Waals surface area (Å²) in [6.07, 6.45) is 1.62. The van der Waals surface area contributed by atoms with Crippen LogP contribution in [0.15, 0.2) is 138 Å². The minimum absolute atomic E-state index is 0.0520. The summed E-state index contributed by atoms with van der Waals surface area (Å²) in [7, 11) is 0. The number of rotatable bonds is 5. The van der Waals surface area contributed by atoms with Crippen molar-refractivity contribution in [1.82, 2.24) is 0 Å². The molecule has 190 valence electrons. The zero-order chi connectivity index (χ0) is 26.5. The van der Waals surface area contributed by atoms with Gasteiger partial charge in [-0.3, -0.25) is 14.5 Å². The molecule has 1 fully saturated rings. The van der Waals surface area contributed by atoms with E-state index in [2.05, 4.69) is 0 Å². The summed E-state index contributed by atoms with van der Waals surface area (Å²) in [5.41, 5.74) is 1.52. The average molecular weight is 512 g/mol. The Hall–Kier alpha value is -4.90. The molecule has 5 heteroatoms. The first kappa shape index (κ1) is 23.2. The van der Waals surface area contributed by atoms with Crippen LogP contribution >= 0.6 is 0 Å². The van der Waals surface area contributed by atoms with E-state index in [9.17, 15) is 4.79 Å². The number of hydrogen-bond acceptors (Lipinski definition) is 4. The van der Waals surface area contributed by atoms with Crippen LogP contribution in [0.3, 0.4) is 0 Å². The molecule has 1 amide bonds. The predicted octanol–water partition coefficient (Wildman–Crippen LogP) is 6.54. The smallest absolute Gasteiger partial charge is 0.308 e. The molecule has 1 spiro atoms. The number of ether oxygens (including phenoxy) is 1. The lowest BCUT2D eigenvalue weighted by Gasteiger charge is -2.44. The number of amides is 1. The molecule has 7 rings (SSSR count). The third-order valence-electron chi connectivity index (χ3n) is 8.00. The minimum Gasteiger partial charge on any atom is -0.469 e. The Kier molecular flexibility index (Phi) is 5.27. The molecule has 0 N–H and O–H groups in total. The van der Waals surface area contributed by atoms with E-state index < -0.39 is 23.0 Å². The number of furan rings is 1. The van der Waals surface area contributed by atoms with Crippen LogP contribution in [0.5, 0.6) is 0 Å². The number of carbonyl (C=O) groups is 2. The Morgan fingerprint density at radius 2 is 1.21 bits per heavy atom. The number of anilines is 1. The van der Waals surface area contributed by atoms with Crippen molar-refractivity contribution >= 4 is 17.6 Å². The van der Waals surface area contributed by atoms with E-state index >= 15 is 4.79 Å². The van der Waals surface area contributed by atoms with Crippen LogP contribution in [0.1, 0.15) is 40.4 Å². The van der Waals surface area contributed by atoms with Gasteiger partial charge in [-0.1, -0.05) is 109 Å². The topological polar surface area (TPSA) is 59.8 Å². The van der Waals surface area contributed by atoms with Crippen molar-refractivity contribution < 1.29 is 18.7 Å². The second kappa shape index (κ2) is 8.84. The number of fused-ring (bicyclic) bond motifs is 2. The number of hydrogen-bond donors (Lipinski definition) is 0. The number of carbonyl (C=O) groups excluding carboxylic acids is 2. The van der Waals surface area contributed by atoms with Gasteiger partial charge in [0.1, 0.15) is 11.3 Å². The van der Waals surface area contributed by atoms with E-state index in [1.807, 2.05) is 126 Å². The Labute approximate surface area is 226 Å². The van der Waals surface area contributed by atoms with Gasteiger partial charge >= 0.3 is 5.97 Å². The normalized spacial score (nSPS) is 20.3. The minimum atomic E-state index is -1.55. The van der Waals surface area contributed by atoms with Crippen LogP contribution in [-0.4, -0.2) is 11.9 Å². The molecular formula is C34H25NO4. The van der Waals surface area contributed by atoms with Crippen LogP contribution in [0.25, 0.3) is 0 Å². The predicted molar refractivity (Wildman–Crippen MR) is 147 cm³/mol. The molecule has 0 radical (unpaired) electrons. The quantitative estimate of drug-likeness (QED) is 0.198. The lowest BCUT2D eigenvalue weighted by atomic mass is 9.75. The van der Waals surface area contributed by atoms with Crippen LogP contribution in [0.2, 0.25) is 0 Å². The Morgan fingerprint density at radius 3 is 1.74 bits per heavy atom. The highest BCUT2D eigenvalue weighted by atomic mass is 16.6. The lowest BCUT2D eigenvalue weighted by Crippen LogP contribution is -2.54. The standard InChI is InChI=1S/C34H25NO4/c36-31-23-28(30-21-12-22-38-30)34(39-31)27-19-10-11-20-29(27)35(32(34)37)33(24-13-4-1-5-14-24,25-15-6-2-7-16-25)26-17-8-3-9-18-26/h1-22,28H,23H2/t28-,34-/m0/s1. The van der Waals surface area contributed by atoms with Gasteiger partial charge in [0, 0.05) is 5.56 Å². The summed E-state index contributed by atoms with van der Waals surface area (Å²) in [5, 5.41) is 0. The summed E-state index contributed by atoms with van der Waals surface area (Å²) < 4.78 is 11.9. The third kappa shape index (κ3) is 3.20. The highest BCUT2D eigenvalue weighted by molar-refractivity contribution is 6.12. The van der Waals surface area contributed by atoms with Gasteiger partial charge in [0.25, 0.3) is 5.91 Å². The SMILES string of the molecule is O=C1C[C@@H](c2ccco2)[C@]2(O1)C(=O)N(C(c1ccccc1)(c1ccccc1)c1ccccc1)c1ccccc12. The number of benzene rings is 4. The second-order valence-corrected chi connectivity index (χ2v) is 9.95. The maximum atomic E-state index is 15.2. The fourth-order valence-corrected chi connectivity index (χ4v) is 6.46. The van der Waals surface area contributed by atoms with E-state index in [4.69, 9.17) is 9.15 Å². The lowest BCUT2D eigenvalue weighted by molar-refractivity contribution is -0.158. The monoisotopic (exact) mass is 511 g/mol. The van der Waals surface area contributed by atoms with Crippen molar-refractivity contribution in [2.75, 3.05) is 4.90 Å². The van der Waals surface area contributed by atoms with Gasteiger partial charge in [-0.05, 0) is 34.9 Å². The van der Waals surface area contributed by atoms with Gasteiger partial charge in [-0.2, -0.15) is 0 Å². The van der Waals surface area contributed by atoms with Gasteiger partial charge in [0.05, 0.1) is 24.3 Å². The van der Waals surface area contributed by atoms with E-state index in [-0.39, 0.29) is 12.3 Å². The van der Waals surface area contributed by atoms with E-state index in [1.165, 1.54) is 0 Å². The van der Waals surface area contributed by atoms with Crippen molar-refractivity contribution in [2.45, 2.75) is 23.5 Å². The molecule has 0 aliphatic carbocycles. The van der Waals surface area contributed by atoms with Crippen LogP contribution in [0.4, 0.5) is 5.69 Å². The molecule has 3 heterocycles. The molecule has 1 saturated heterocycles. The van der Waals surface area contributed by atoms with E-state index in [0.29, 0.717) is 17.0 Å². The highest BCUT2D eigenvalue weighted by Gasteiger charge is 2.67. The fourth-order valence-electron chi connectivity index (χ4n) is 6.46. The molecular weight excluding hydrogens is 486 g/mol. The molecule has 0 saturated carbocycles. The van der Waals surface area contributed by atoms with Crippen molar-refractivity contribution in [3.05, 3.63) is 162 Å². The fraction of sp³-hybridized carbons (Fsp3) is 0.118. The van der Waals surface area contributed by atoms with Crippen LogP contribution in [-0.2, 0) is 25.5 Å². The summed E-state index contributed by atoms with van der Waals surface area (Å²) in [6.45, 7) is 0. The first-order valence-electron chi connectivity index (χ1n) is 13.0. The molecule has 39 heavy (non-hydrogen) atoms. The van der Waals surface area contributed by atoms with Crippen molar-refractivity contribution in [3.8, 4) is 0 Å². The molecule has 2 aliphatic rings. The van der Waals surface area contributed by atoms with Crippen LogP contribution < -0.4 is 4.90 Å². The van der Waals surface area contributed by atoms with Crippen molar-refractivity contribution in [3.63, 3.8) is 0 Å². The van der Waals surface area contributed by atoms with Gasteiger partial charge in [0.15, 0.2) is 0 Å². The number of para-hydroxylation sites is 1. The zero-order valence-electron chi connectivity index (χ0n) is 21.1. The van der Waals surface area contributed by atoms with Gasteiger partial charge < -0.3 is 9.15 Å².